The zero-order valence-electron chi connectivity index (χ0n) is 10.8. The Morgan fingerprint density at radius 1 is 1.41 bits per heavy atom. The summed E-state index contributed by atoms with van der Waals surface area (Å²) in [5.74, 6) is -0.143. The lowest BCUT2D eigenvalue weighted by molar-refractivity contribution is -0.119. The molecule has 3 nitrogen and oxygen atoms in total. The first-order valence-electron chi connectivity index (χ1n) is 5.55. The molecule has 0 aliphatic carbocycles. The van der Waals surface area contributed by atoms with Crippen molar-refractivity contribution in [2.75, 3.05) is 11.6 Å². The molecular weight excluding hydrogens is 232 g/mol. The third-order valence-corrected chi connectivity index (χ3v) is 3.28. The number of thioether (sulfide) groups is 1. The smallest absolute Gasteiger partial charge is 0.241 e. The van der Waals surface area contributed by atoms with Gasteiger partial charge in [-0.15, -0.1) is 11.8 Å². The summed E-state index contributed by atoms with van der Waals surface area (Å²) in [5, 5.41) is 2.85. The topological polar surface area (TPSA) is 55.1 Å². The summed E-state index contributed by atoms with van der Waals surface area (Å²) in [6, 6.07) is 7.22. The molecule has 0 aliphatic heterocycles. The highest BCUT2D eigenvalue weighted by molar-refractivity contribution is 7.98. The number of nitrogens with one attached hydrogen (secondary N) is 1. The van der Waals surface area contributed by atoms with Gasteiger partial charge in [0, 0.05) is 10.6 Å². The molecule has 0 saturated heterocycles. The second-order valence-electron chi connectivity index (χ2n) is 5.06. The fourth-order valence-electron chi connectivity index (χ4n) is 1.31. The summed E-state index contributed by atoms with van der Waals surface area (Å²) in [6.45, 7) is 5.86. The summed E-state index contributed by atoms with van der Waals surface area (Å²) in [6.07, 6.45) is 2.00. The Kier molecular flexibility index (Phi) is 4.60. The number of benzene rings is 1. The molecule has 0 saturated carbocycles. The highest BCUT2D eigenvalue weighted by Gasteiger charge is 2.27. The second kappa shape index (κ2) is 5.56. The largest absolute Gasteiger partial charge is 0.325 e. The van der Waals surface area contributed by atoms with Crippen molar-refractivity contribution in [2.24, 2.45) is 11.1 Å². The van der Waals surface area contributed by atoms with E-state index < -0.39 is 6.04 Å². The van der Waals surface area contributed by atoms with Gasteiger partial charge in [0.2, 0.25) is 5.91 Å². The predicted molar refractivity (Wildman–Crippen MR) is 74.3 cm³/mol. The Labute approximate surface area is 107 Å². The Balaban J connectivity index is 2.74. The van der Waals surface area contributed by atoms with E-state index in [-0.39, 0.29) is 11.3 Å². The van der Waals surface area contributed by atoms with Gasteiger partial charge in [0.05, 0.1) is 6.04 Å². The highest BCUT2D eigenvalue weighted by atomic mass is 32.2. The van der Waals surface area contributed by atoms with Crippen molar-refractivity contribution in [2.45, 2.75) is 31.7 Å². The van der Waals surface area contributed by atoms with Gasteiger partial charge in [-0.3, -0.25) is 4.79 Å². The van der Waals surface area contributed by atoms with Crippen LogP contribution < -0.4 is 11.1 Å². The van der Waals surface area contributed by atoms with Crippen LogP contribution in [-0.4, -0.2) is 18.2 Å². The molecule has 0 bridgehead atoms. The minimum atomic E-state index is -0.513. The maximum atomic E-state index is 11.9. The molecule has 1 aromatic carbocycles. The van der Waals surface area contributed by atoms with E-state index in [1.54, 1.807) is 11.8 Å². The Bertz CT molecular complexity index is 399. The van der Waals surface area contributed by atoms with Crippen LogP contribution in [0.2, 0.25) is 0 Å². The first-order valence-corrected chi connectivity index (χ1v) is 6.77. The Hall–Kier alpha value is -1.00. The van der Waals surface area contributed by atoms with Crippen molar-refractivity contribution in [1.29, 1.82) is 0 Å². The SMILES string of the molecule is CSc1cccc(NC(=O)C(N)C(C)(C)C)c1. The van der Waals surface area contributed by atoms with Crippen LogP contribution in [0.4, 0.5) is 5.69 Å². The number of amides is 1. The lowest BCUT2D eigenvalue weighted by Crippen LogP contribution is -2.45. The number of carbonyl (C=O) groups excluding carboxylic acids is 1. The molecule has 1 amide bonds. The number of rotatable bonds is 3. The van der Waals surface area contributed by atoms with Crippen LogP contribution in [0.3, 0.4) is 0 Å². The van der Waals surface area contributed by atoms with Crippen LogP contribution in [0.15, 0.2) is 29.2 Å². The molecule has 0 aliphatic rings. The van der Waals surface area contributed by atoms with E-state index in [0.29, 0.717) is 0 Å². The van der Waals surface area contributed by atoms with E-state index >= 15 is 0 Å². The maximum absolute atomic E-state index is 11.9. The normalized spacial score (nSPS) is 13.2. The van der Waals surface area contributed by atoms with E-state index in [9.17, 15) is 4.79 Å². The van der Waals surface area contributed by atoms with Gasteiger partial charge in [-0.1, -0.05) is 26.8 Å². The third kappa shape index (κ3) is 4.06. The number of hydrogen-bond acceptors (Lipinski definition) is 3. The number of carbonyl (C=O) groups is 1. The zero-order valence-corrected chi connectivity index (χ0v) is 11.6. The second-order valence-corrected chi connectivity index (χ2v) is 5.94. The van der Waals surface area contributed by atoms with Gasteiger partial charge in [0.1, 0.15) is 0 Å². The molecular formula is C13H20N2OS. The van der Waals surface area contributed by atoms with E-state index in [4.69, 9.17) is 5.73 Å². The van der Waals surface area contributed by atoms with Crippen molar-refractivity contribution >= 4 is 23.4 Å². The minimum absolute atomic E-state index is 0.143. The van der Waals surface area contributed by atoms with Crippen LogP contribution >= 0.6 is 11.8 Å². The van der Waals surface area contributed by atoms with E-state index in [2.05, 4.69) is 5.32 Å². The molecule has 1 aromatic rings. The molecule has 1 atom stereocenters. The van der Waals surface area contributed by atoms with Gasteiger partial charge in [-0.05, 0) is 29.9 Å². The summed E-state index contributed by atoms with van der Waals surface area (Å²) in [5.41, 5.74) is 6.45. The van der Waals surface area contributed by atoms with Gasteiger partial charge in [0.25, 0.3) is 0 Å². The van der Waals surface area contributed by atoms with Crippen molar-refractivity contribution in [3.8, 4) is 0 Å². The van der Waals surface area contributed by atoms with Gasteiger partial charge in [-0.2, -0.15) is 0 Å². The predicted octanol–water partition coefficient (Wildman–Crippen LogP) is 2.72. The monoisotopic (exact) mass is 252 g/mol. The number of nitrogens with two attached hydrogens (primary N) is 1. The molecule has 0 heterocycles. The van der Waals surface area contributed by atoms with E-state index in [1.807, 2.05) is 51.3 Å². The summed E-state index contributed by atoms with van der Waals surface area (Å²) >= 11 is 1.64. The molecule has 0 fully saturated rings. The molecule has 0 aromatic heterocycles. The van der Waals surface area contributed by atoms with Crippen molar-refractivity contribution in [3.05, 3.63) is 24.3 Å². The fraction of sp³-hybridized carbons (Fsp3) is 0.462. The highest BCUT2D eigenvalue weighted by Crippen LogP contribution is 2.21. The number of hydrogen-bond donors (Lipinski definition) is 2. The van der Waals surface area contributed by atoms with Crippen LogP contribution in [0.5, 0.6) is 0 Å². The average molecular weight is 252 g/mol. The van der Waals surface area contributed by atoms with E-state index in [1.165, 1.54) is 0 Å². The van der Waals surface area contributed by atoms with Crippen LogP contribution in [0.1, 0.15) is 20.8 Å². The minimum Gasteiger partial charge on any atom is -0.325 e. The van der Waals surface area contributed by atoms with Gasteiger partial charge in [-0.25, -0.2) is 0 Å². The summed E-state index contributed by atoms with van der Waals surface area (Å²) in [4.78, 5) is 13.0. The molecule has 3 N–H and O–H groups in total. The van der Waals surface area contributed by atoms with Crippen LogP contribution in [0, 0.1) is 5.41 Å². The van der Waals surface area contributed by atoms with E-state index in [0.717, 1.165) is 10.6 Å². The van der Waals surface area contributed by atoms with Crippen LogP contribution in [-0.2, 0) is 4.79 Å². The molecule has 1 unspecified atom stereocenters. The summed E-state index contributed by atoms with van der Waals surface area (Å²) in [7, 11) is 0. The number of anilines is 1. The Morgan fingerprint density at radius 3 is 2.59 bits per heavy atom. The average Bonchev–Trinajstić information content (AvgIpc) is 2.27. The van der Waals surface area contributed by atoms with Gasteiger partial charge >= 0.3 is 0 Å². The van der Waals surface area contributed by atoms with Crippen molar-refractivity contribution in [1.82, 2.24) is 0 Å². The van der Waals surface area contributed by atoms with Crippen LogP contribution in [0.25, 0.3) is 0 Å². The zero-order chi connectivity index (χ0) is 13.1. The summed E-state index contributed by atoms with van der Waals surface area (Å²) < 4.78 is 0. The van der Waals surface area contributed by atoms with Gasteiger partial charge < -0.3 is 11.1 Å². The lowest BCUT2D eigenvalue weighted by Gasteiger charge is -2.25. The first kappa shape index (κ1) is 14.1. The molecule has 0 radical (unpaired) electrons. The van der Waals surface area contributed by atoms with Gasteiger partial charge in [0.15, 0.2) is 0 Å². The maximum Gasteiger partial charge on any atom is 0.241 e. The standard InChI is InChI=1S/C13H20N2OS/c1-13(2,3)11(14)12(16)15-9-6-5-7-10(8-9)17-4/h5-8,11H,14H2,1-4H3,(H,15,16). The molecule has 0 spiro atoms. The fourth-order valence-corrected chi connectivity index (χ4v) is 1.77. The Morgan fingerprint density at radius 2 is 2.06 bits per heavy atom. The molecule has 4 heteroatoms. The van der Waals surface area contributed by atoms with Crippen molar-refractivity contribution in [3.63, 3.8) is 0 Å². The molecule has 17 heavy (non-hydrogen) atoms. The third-order valence-electron chi connectivity index (χ3n) is 2.55. The first-order chi connectivity index (χ1) is 7.84. The van der Waals surface area contributed by atoms with Crippen molar-refractivity contribution < 1.29 is 4.79 Å². The lowest BCUT2D eigenvalue weighted by atomic mass is 9.87. The quantitative estimate of drug-likeness (QED) is 0.813. The molecule has 1 rings (SSSR count). The molecule has 94 valence electrons.